The molecule has 1 aromatic heterocycles. The minimum Gasteiger partial charge on any atom is -0.308 e. The van der Waals surface area contributed by atoms with Crippen LogP contribution in [-0.4, -0.2) is 16.2 Å². The quantitative estimate of drug-likeness (QED) is 0.876. The normalized spacial score (nSPS) is 11.2. The second-order valence-corrected chi connectivity index (χ2v) is 6.67. The van der Waals surface area contributed by atoms with Crippen LogP contribution >= 0.6 is 22.9 Å². The van der Waals surface area contributed by atoms with E-state index in [2.05, 4.69) is 20.8 Å². The van der Waals surface area contributed by atoms with Crippen LogP contribution in [0.3, 0.4) is 0 Å². The fraction of sp³-hybridized carbons (Fsp3) is 0.308. The van der Waals surface area contributed by atoms with Crippen molar-refractivity contribution >= 4 is 39.8 Å². The molecule has 0 atom stereocenters. The first-order valence-electron chi connectivity index (χ1n) is 6.02. The van der Waals surface area contributed by atoms with Gasteiger partial charge >= 0.3 is 6.03 Å². The molecule has 2 N–H and O–H groups in total. The standard InChI is InChI=1S/C13H15ClN4OS/c1-13(2,3)10-17-18-12(20-10)16-11(19)15-9-6-4-5-8(14)7-9/h4-7H,1-3H3,(H2,15,16,18,19). The molecule has 2 amide bonds. The molecule has 0 unspecified atom stereocenters. The third kappa shape index (κ3) is 3.91. The second kappa shape index (κ2) is 5.76. The molecule has 0 saturated heterocycles. The van der Waals surface area contributed by atoms with Gasteiger partial charge in [0, 0.05) is 16.1 Å². The Hall–Kier alpha value is -1.66. The minimum atomic E-state index is -0.371. The predicted octanol–water partition coefficient (Wildman–Crippen LogP) is 4.13. The van der Waals surface area contributed by atoms with E-state index in [-0.39, 0.29) is 11.4 Å². The zero-order valence-corrected chi connectivity index (χ0v) is 13.0. The van der Waals surface area contributed by atoms with Crippen LogP contribution in [0.15, 0.2) is 24.3 Å². The highest BCUT2D eigenvalue weighted by Gasteiger charge is 2.19. The summed E-state index contributed by atoms with van der Waals surface area (Å²) in [6.45, 7) is 6.13. The average Bonchev–Trinajstić information content (AvgIpc) is 2.76. The lowest BCUT2D eigenvalue weighted by molar-refractivity contribution is 0.262. The predicted molar refractivity (Wildman–Crippen MR) is 82.7 cm³/mol. The molecular weight excluding hydrogens is 296 g/mol. The number of rotatable bonds is 2. The molecule has 0 aliphatic carbocycles. The summed E-state index contributed by atoms with van der Waals surface area (Å²) in [4.78, 5) is 11.8. The number of carbonyl (C=O) groups excluding carboxylic acids is 1. The van der Waals surface area contributed by atoms with Crippen LogP contribution < -0.4 is 10.6 Å². The van der Waals surface area contributed by atoms with Crippen LogP contribution in [0.25, 0.3) is 0 Å². The van der Waals surface area contributed by atoms with E-state index in [1.165, 1.54) is 11.3 Å². The Morgan fingerprint density at radius 1 is 1.25 bits per heavy atom. The molecule has 0 radical (unpaired) electrons. The monoisotopic (exact) mass is 310 g/mol. The third-order valence-electron chi connectivity index (χ3n) is 2.37. The minimum absolute atomic E-state index is 0.0823. The van der Waals surface area contributed by atoms with E-state index in [1.807, 2.05) is 20.8 Å². The zero-order valence-electron chi connectivity index (χ0n) is 11.4. The zero-order chi connectivity index (χ0) is 14.8. The summed E-state index contributed by atoms with van der Waals surface area (Å²) in [6.07, 6.45) is 0. The number of amides is 2. The van der Waals surface area contributed by atoms with Crippen molar-refractivity contribution in [3.8, 4) is 0 Å². The van der Waals surface area contributed by atoms with E-state index in [9.17, 15) is 4.79 Å². The van der Waals surface area contributed by atoms with Gasteiger partial charge in [-0.05, 0) is 18.2 Å². The SMILES string of the molecule is CC(C)(C)c1nnc(NC(=O)Nc2cccc(Cl)c2)s1. The van der Waals surface area contributed by atoms with E-state index in [0.29, 0.717) is 15.8 Å². The Kier molecular flexibility index (Phi) is 4.25. The molecule has 20 heavy (non-hydrogen) atoms. The van der Waals surface area contributed by atoms with Crippen molar-refractivity contribution in [3.63, 3.8) is 0 Å². The Morgan fingerprint density at radius 2 is 2.00 bits per heavy atom. The molecule has 0 bridgehead atoms. The summed E-state index contributed by atoms with van der Waals surface area (Å²) >= 11 is 7.21. The first kappa shape index (κ1) is 14.7. The van der Waals surface area contributed by atoms with Gasteiger partial charge in [0.25, 0.3) is 0 Å². The fourth-order valence-electron chi connectivity index (χ4n) is 1.40. The highest BCUT2D eigenvalue weighted by atomic mass is 35.5. The number of aromatic nitrogens is 2. The summed E-state index contributed by atoms with van der Waals surface area (Å²) in [6, 6.07) is 6.56. The Labute approximate surface area is 126 Å². The van der Waals surface area contributed by atoms with E-state index in [4.69, 9.17) is 11.6 Å². The fourth-order valence-corrected chi connectivity index (χ4v) is 2.39. The number of carbonyl (C=O) groups is 1. The number of benzene rings is 1. The number of hydrogen-bond acceptors (Lipinski definition) is 4. The first-order valence-corrected chi connectivity index (χ1v) is 7.21. The van der Waals surface area contributed by atoms with Crippen molar-refractivity contribution in [2.24, 2.45) is 0 Å². The number of halogens is 1. The molecule has 0 aliphatic heterocycles. The van der Waals surface area contributed by atoms with Gasteiger partial charge in [0.15, 0.2) is 0 Å². The smallest absolute Gasteiger partial charge is 0.308 e. The molecule has 2 rings (SSSR count). The number of hydrogen-bond donors (Lipinski definition) is 2. The topological polar surface area (TPSA) is 66.9 Å². The van der Waals surface area contributed by atoms with Gasteiger partial charge in [-0.1, -0.05) is 49.8 Å². The number of nitrogens with zero attached hydrogens (tertiary/aromatic N) is 2. The van der Waals surface area contributed by atoms with Crippen molar-refractivity contribution in [1.82, 2.24) is 10.2 Å². The highest BCUT2D eigenvalue weighted by Crippen LogP contribution is 2.27. The van der Waals surface area contributed by atoms with Gasteiger partial charge in [-0.15, -0.1) is 10.2 Å². The van der Waals surface area contributed by atoms with Gasteiger partial charge in [-0.2, -0.15) is 0 Å². The number of urea groups is 1. The summed E-state index contributed by atoms with van der Waals surface area (Å²) < 4.78 is 0. The van der Waals surface area contributed by atoms with Crippen LogP contribution in [0.5, 0.6) is 0 Å². The van der Waals surface area contributed by atoms with Crippen LogP contribution in [0.4, 0.5) is 15.6 Å². The van der Waals surface area contributed by atoms with E-state index >= 15 is 0 Å². The van der Waals surface area contributed by atoms with Crippen molar-refractivity contribution in [2.75, 3.05) is 10.6 Å². The molecule has 0 aliphatic rings. The van der Waals surface area contributed by atoms with Crippen LogP contribution in [0, 0.1) is 0 Å². The van der Waals surface area contributed by atoms with Crippen molar-refractivity contribution in [1.29, 1.82) is 0 Å². The average molecular weight is 311 g/mol. The van der Waals surface area contributed by atoms with Gasteiger partial charge in [0.2, 0.25) is 5.13 Å². The maximum Gasteiger partial charge on any atom is 0.325 e. The van der Waals surface area contributed by atoms with E-state index in [1.54, 1.807) is 24.3 Å². The molecule has 5 nitrogen and oxygen atoms in total. The van der Waals surface area contributed by atoms with Crippen molar-refractivity contribution in [2.45, 2.75) is 26.2 Å². The molecule has 0 saturated carbocycles. The highest BCUT2D eigenvalue weighted by molar-refractivity contribution is 7.15. The molecule has 1 heterocycles. The second-order valence-electron chi connectivity index (χ2n) is 5.25. The molecular formula is C13H15ClN4OS. The molecule has 106 valence electrons. The molecule has 1 aromatic carbocycles. The van der Waals surface area contributed by atoms with Crippen molar-refractivity contribution < 1.29 is 4.79 Å². The summed E-state index contributed by atoms with van der Waals surface area (Å²) in [5.74, 6) is 0. The van der Waals surface area contributed by atoms with E-state index < -0.39 is 0 Å². The molecule has 0 fully saturated rings. The summed E-state index contributed by atoms with van der Waals surface area (Å²) in [5.41, 5.74) is 0.539. The van der Waals surface area contributed by atoms with Gasteiger partial charge in [0.1, 0.15) is 5.01 Å². The van der Waals surface area contributed by atoms with E-state index in [0.717, 1.165) is 5.01 Å². The molecule has 2 aromatic rings. The lowest BCUT2D eigenvalue weighted by atomic mass is 9.98. The molecule has 7 heteroatoms. The van der Waals surface area contributed by atoms with Crippen LogP contribution in [0.2, 0.25) is 5.02 Å². The Balaban J connectivity index is 2.00. The number of nitrogens with one attached hydrogen (secondary N) is 2. The maximum absolute atomic E-state index is 11.8. The van der Waals surface area contributed by atoms with Crippen molar-refractivity contribution in [3.05, 3.63) is 34.3 Å². The Morgan fingerprint density at radius 3 is 2.60 bits per heavy atom. The lowest BCUT2D eigenvalue weighted by Crippen LogP contribution is -2.19. The number of anilines is 2. The maximum atomic E-state index is 11.8. The summed E-state index contributed by atoms with van der Waals surface area (Å²) in [7, 11) is 0. The van der Waals surface area contributed by atoms with Gasteiger partial charge in [0.05, 0.1) is 0 Å². The summed E-state index contributed by atoms with van der Waals surface area (Å²) in [5, 5.41) is 15.3. The van der Waals surface area contributed by atoms with Gasteiger partial charge in [-0.25, -0.2) is 4.79 Å². The first-order chi connectivity index (χ1) is 9.34. The van der Waals surface area contributed by atoms with Gasteiger partial charge in [-0.3, -0.25) is 5.32 Å². The Bertz CT molecular complexity index is 621. The van der Waals surface area contributed by atoms with Gasteiger partial charge < -0.3 is 5.32 Å². The molecule has 0 spiro atoms. The van der Waals surface area contributed by atoms with Crippen LogP contribution in [0.1, 0.15) is 25.8 Å². The lowest BCUT2D eigenvalue weighted by Gasteiger charge is -2.12. The third-order valence-corrected chi connectivity index (χ3v) is 3.87. The largest absolute Gasteiger partial charge is 0.325 e. The van der Waals surface area contributed by atoms with Crippen LogP contribution in [-0.2, 0) is 5.41 Å².